The van der Waals surface area contributed by atoms with Crippen LogP contribution in [0.25, 0.3) is 0 Å². The zero-order chi connectivity index (χ0) is 15.6. The van der Waals surface area contributed by atoms with Crippen LogP contribution in [0.1, 0.15) is 20.3 Å². The first-order valence-electron chi connectivity index (χ1n) is 5.77. The van der Waals surface area contributed by atoms with Gasteiger partial charge in [0.25, 0.3) is 5.56 Å². The average molecular weight is 293 g/mol. The van der Waals surface area contributed by atoms with E-state index in [-0.39, 0.29) is 0 Å². The molecular weight excluding hydrogens is 279 g/mol. The Kier molecular flexibility index (Phi) is 4.41. The molecule has 0 radical (unpaired) electrons. The number of carbonyl (C=O) groups is 1. The number of carboxylic acid groups (broad SMARTS) is 1. The second-order valence-corrected chi connectivity index (χ2v) is 4.33. The van der Waals surface area contributed by atoms with Crippen LogP contribution in [0.5, 0.6) is 0 Å². The minimum atomic E-state index is -5.08. The zero-order valence-corrected chi connectivity index (χ0v) is 10.9. The van der Waals surface area contributed by atoms with Crippen molar-refractivity contribution < 1.29 is 23.1 Å². The number of anilines is 1. The minimum absolute atomic E-state index is 0.297. The van der Waals surface area contributed by atoms with Crippen LogP contribution in [0.3, 0.4) is 0 Å². The number of nitrogens with zero attached hydrogens (tertiary/aromatic N) is 2. The van der Waals surface area contributed by atoms with Gasteiger partial charge in [-0.1, -0.05) is 6.92 Å². The monoisotopic (exact) mass is 293 g/mol. The Morgan fingerprint density at radius 3 is 2.55 bits per heavy atom. The Balaban J connectivity index is 3.24. The molecule has 0 saturated carbocycles. The fraction of sp³-hybridized carbons (Fsp3) is 0.545. The molecule has 0 aliphatic carbocycles. The molecule has 2 N–H and O–H groups in total. The van der Waals surface area contributed by atoms with Gasteiger partial charge in [0, 0.05) is 18.9 Å². The van der Waals surface area contributed by atoms with Crippen molar-refractivity contribution in [1.29, 1.82) is 0 Å². The van der Waals surface area contributed by atoms with Crippen LogP contribution in [0, 0.1) is 0 Å². The Labute approximate surface area is 112 Å². The van der Waals surface area contributed by atoms with Gasteiger partial charge >= 0.3 is 12.1 Å². The van der Waals surface area contributed by atoms with Crippen LogP contribution >= 0.6 is 0 Å². The SMILES string of the molecule is CCCn1ccnc(NC(C)(C(=O)O)C(F)(F)F)c1=O. The van der Waals surface area contributed by atoms with Gasteiger partial charge in [0.15, 0.2) is 5.82 Å². The fourth-order valence-corrected chi connectivity index (χ4v) is 1.43. The number of alkyl halides is 3. The minimum Gasteiger partial charge on any atom is -0.479 e. The molecule has 0 fully saturated rings. The number of halogens is 3. The first kappa shape index (κ1) is 16.0. The van der Waals surface area contributed by atoms with Crippen LogP contribution in [0.15, 0.2) is 17.2 Å². The summed E-state index contributed by atoms with van der Waals surface area (Å²) in [5.41, 5.74) is -4.09. The lowest BCUT2D eigenvalue weighted by molar-refractivity contribution is -0.193. The molecule has 0 aliphatic rings. The third-order valence-electron chi connectivity index (χ3n) is 2.74. The molecule has 0 aromatic carbocycles. The van der Waals surface area contributed by atoms with Crippen LogP contribution in [0.2, 0.25) is 0 Å². The van der Waals surface area contributed by atoms with Crippen molar-refractivity contribution in [2.75, 3.05) is 5.32 Å². The third kappa shape index (κ3) is 2.91. The largest absolute Gasteiger partial charge is 0.479 e. The highest BCUT2D eigenvalue weighted by Gasteiger charge is 2.58. The average Bonchev–Trinajstić information content (AvgIpc) is 2.32. The van der Waals surface area contributed by atoms with Gasteiger partial charge in [-0.25, -0.2) is 9.78 Å². The highest BCUT2D eigenvalue weighted by Crippen LogP contribution is 2.32. The van der Waals surface area contributed by atoms with Crippen LogP contribution in [-0.4, -0.2) is 32.3 Å². The quantitative estimate of drug-likeness (QED) is 0.859. The van der Waals surface area contributed by atoms with E-state index in [1.165, 1.54) is 6.20 Å². The van der Waals surface area contributed by atoms with E-state index in [1.54, 1.807) is 12.2 Å². The molecule has 20 heavy (non-hydrogen) atoms. The molecule has 9 heteroatoms. The summed E-state index contributed by atoms with van der Waals surface area (Å²) < 4.78 is 39.7. The summed E-state index contributed by atoms with van der Waals surface area (Å²) in [5.74, 6) is -2.79. The van der Waals surface area contributed by atoms with Crippen LogP contribution < -0.4 is 10.9 Å². The van der Waals surface area contributed by atoms with Crippen molar-refractivity contribution in [3.05, 3.63) is 22.7 Å². The van der Waals surface area contributed by atoms with Crippen molar-refractivity contribution >= 4 is 11.8 Å². The molecule has 0 spiro atoms. The molecule has 1 aromatic rings. The Morgan fingerprint density at radius 1 is 1.50 bits per heavy atom. The highest BCUT2D eigenvalue weighted by atomic mass is 19.4. The van der Waals surface area contributed by atoms with Gasteiger partial charge in [-0.15, -0.1) is 0 Å². The predicted octanol–water partition coefficient (Wildman–Crippen LogP) is 1.47. The van der Waals surface area contributed by atoms with Crippen LogP contribution in [0.4, 0.5) is 19.0 Å². The van der Waals surface area contributed by atoms with Gasteiger partial charge in [-0.3, -0.25) is 4.79 Å². The molecule has 1 heterocycles. The summed E-state index contributed by atoms with van der Waals surface area (Å²) >= 11 is 0. The Bertz CT molecular complexity index is 556. The maximum absolute atomic E-state index is 12.8. The summed E-state index contributed by atoms with van der Waals surface area (Å²) in [7, 11) is 0. The van der Waals surface area contributed by atoms with Crippen molar-refractivity contribution in [2.24, 2.45) is 0 Å². The normalized spacial score (nSPS) is 14.7. The molecule has 6 nitrogen and oxygen atoms in total. The summed E-state index contributed by atoms with van der Waals surface area (Å²) in [6, 6.07) is 0. The number of carboxylic acids is 1. The Morgan fingerprint density at radius 2 is 2.10 bits per heavy atom. The van der Waals surface area contributed by atoms with Crippen molar-refractivity contribution in [1.82, 2.24) is 9.55 Å². The summed E-state index contributed by atoms with van der Waals surface area (Å²) in [4.78, 5) is 26.2. The molecule has 1 rings (SSSR count). The predicted molar refractivity (Wildman–Crippen MR) is 64.5 cm³/mol. The van der Waals surface area contributed by atoms with Gasteiger partial charge in [0.2, 0.25) is 5.54 Å². The lowest BCUT2D eigenvalue weighted by Crippen LogP contribution is -2.56. The molecule has 0 amide bonds. The first-order chi connectivity index (χ1) is 9.13. The van der Waals surface area contributed by atoms with E-state index < -0.39 is 29.1 Å². The second-order valence-electron chi connectivity index (χ2n) is 4.33. The van der Waals surface area contributed by atoms with Gasteiger partial charge in [-0.2, -0.15) is 13.2 Å². The summed E-state index contributed by atoms with van der Waals surface area (Å²) in [6.07, 6.45) is -2.03. The number of aryl methyl sites for hydroxylation is 1. The first-order valence-corrected chi connectivity index (χ1v) is 5.77. The van der Waals surface area contributed by atoms with Crippen molar-refractivity contribution in [2.45, 2.75) is 38.5 Å². The van der Waals surface area contributed by atoms with Crippen molar-refractivity contribution in [3.8, 4) is 0 Å². The zero-order valence-electron chi connectivity index (χ0n) is 10.9. The number of aliphatic carboxylic acids is 1. The molecule has 0 saturated heterocycles. The third-order valence-corrected chi connectivity index (χ3v) is 2.74. The molecular formula is C11H14F3N3O3. The highest BCUT2D eigenvalue weighted by molar-refractivity contribution is 5.83. The van der Waals surface area contributed by atoms with Crippen molar-refractivity contribution in [3.63, 3.8) is 0 Å². The maximum atomic E-state index is 12.8. The van der Waals surface area contributed by atoms with E-state index in [0.29, 0.717) is 19.9 Å². The van der Waals surface area contributed by atoms with Gasteiger partial charge in [-0.05, 0) is 13.3 Å². The lowest BCUT2D eigenvalue weighted by Gasteiger charge is -2.28. The van der Waals surface area contributed by atoms with E-state index >= 15 is 0 Å². The van der Waals surface area contributed by atoms with E-state index in [0.717, 1.165) is 10.8 Å². The molecule has 1 atom stereocenters. The number of hydrogen-bond donors (Lipinski definition) is 2. The maximum Gasteiger partial charge on any atom is 0.422 e. The van der Waals surface area contributed by atoms with Gasteiger partial charge < -0.3 is 15.0 Å². The van der Waals surface area contributed by atoms with Gasteiger partial charge in [0.1, 0.15) is 0 Å². The van der Waals surface area contributed by atoms with E-state index in [2.05, 4.69) is 4.98 Å². The Hall–Kier alpha value is -2.06. The fourth-order valence-electron chi connectivity index (χ4n) is 1.43. The van der Waals surface area contributed by atoms with Crippen LogP contribution in [-0.2, 0) is 11.3 Å². The molecule has 112 valence electrons. The number of rotatable bonds is 5. The summed E-state index contributed by atoms with van der Waals surface area (Å²) in [6.45, 7) is 2.52. The number of aromatic nitrogens is 2. The van der Waals surface area contributed by atoms with Gasteiger partial charge in [0.05, 0.1) is 0 Å². The van der Waals surface area contributed by atoms with E-state index in [1.807, 2.05) is 0 Å². The van der Waals surface area contributed by atoms with E-state index in [9.17, 15) is 22.8 Å². The standard InChI is InChI=1S/C11H14F3N3O3/c1-3-5-17-6-4-15-7(8(17)18)16-10(2,9(19)20)11(12,13)14/h4,6H,3,5H2,1-2H3,(H,15,16)(H,19,20). The van der Waals surface area contributed by atoms with E-state index in [4.69, 9.17) is 5.11 Å². The lowest BCUT2D eigenvalue weighted by atomic mass is 10.0. The number of hydrogen-bond acceptors (Lipinski definition) is 4. The topological polar surface area (TPSA) is 84.2 Å². The smallest absolute Gasteiger partial charge is 0.422 e. The molecule has 0 bridgehead atoms. The molecule has 0 aliphatic heterocycles. The number of nitrogens with one attached hydrogen (secondary N) is 1. The summed E-state index contributed by atoms with van der Waals surface area (Å²) in [5, 5.41) is 10.5. The molecule has 1 aromatic heterocycles. The second kappa shape index (κ2) is 5.51. The molecule has 1 unspecified atom stereocenters.